The van der Waals surface area contributed by atoms with Crippen LogP contribution in [0.2, 0.25) is 0 Å². The molecule has 0 unspecified atom stereocenters. The number of benzene rings is 2. The van der Waals surface area contributed by atoms with E-state index in [4.69, 9.17) is 0 Å². The van der Waals surface area contributed by atoms with E-state index >= 15 is 0 Å². The monoisotopic (exact) mass is 359 g/mol. The molecule has 0 radical (unpaired) electrons. The highest BCUT2D eigenvalue weighted by Crippen LogP contribution is 2.08. The zero-order chi connectivity index (χ0) is 15.9. The van der Waals surface area contributed by atoms with Crippen molar-refractivity contribution >= 4 is 27.6 Å². The standard InChI is InChI=1S/C18H18BrNO2/c1-13-6-5-9-15(10-13)18(22)20-16(17(21)12-19)11-14-7-3-2-4-8-14/h2-10,16H,11-12H2,1H3,(H,20,22)/t16-/m0/s1. The van der Waals surface area contributed by atoms with Gasteiger partial charge >= 0.3 is 0 Å². The molecule has 4 heteroatoms. The van der Waals surface area contributed by atoms with Gasteiger partial charge in [-0.1, -0.05) is 64.0 Å². The summed E-state index contributed by atoms with van der Waals surface area (Å²) in [6, 6.07) is 16.5. The van der Waals surface area contributed by atoms with Crippen molar-refractivity contribution in [2.45, 2.75) is 19.4 Å². The van der Waals surface area contributed by atoms with Crippen LogP contribution in [0.25, 0.3) is 0 Å². The Morgan fingerprint density at radius 3 is 2.45 bits per heavy atom. The summed E-state index contributed by atoms with van der Waals surface area (Å²) in [6.45, 7) is 1.93. The van der Waals surface area contributed by atoms with Crippen molar-refractivity contribution in [3.05, 3.63) is 71.3 Å². The van der Waals surface area contributed by atoms with E-state index in [2.05, 4.69) is 21.2 Å². The first kappa shape index (κ1) is 16.4. The molecule has 22 heavy (non-hydrogen) atoms. The lowest BCUT2D eigenvalue weighted by molar-refractivity contribution is -0.118. The second-order valence-electron chi connectivity index (χ2n) is 5.19. The van der Waals surface area contributed by atoms with Crippen LogP contribution in [0.15, 0.2) is 54.6 Å². The molecule has 0 fully saturated rings. The molecule has 0 aliphatic heterocycles. The molecular weight excluding hydrogens is 342 g/mol. The molecule has 1 amide bonds. The van der Waals surface area contributed by atoms with Gasteiger partial charge < -0.3 is 5.32 Å². The molecule has 1 atom stereocenters. The fourth-order valence-electron chi connectivity index (χ4n) is 2.22. The molecule has 2 rings (SSSR count). The van der Waals surface area contributed by atoms with Crippen LogP contribution in [-0.4, -0.2) is 23.1 Å². The van der Waals surface area contributed by atoms with Crippen molar-refractivity contribution in [2.24, 2.45) is 0 Å². The van der Waals surface area contributed by atoms with E-state index in [9.17, 15) is 9.59 Å². The number of Topliss-reactive ketones (excluding diaryl/α,β-unsaturated/α-hetero) is 1. The first-order valence-electron chi connectivity index (χ1n) is 7.10. The number of hydrogen-bond donors (Lipinski definition) is 1. The first-order valence-corrected chi connectivity index (χ1v) is 8.22. The summed E-state index contributed by atoms with van der Waals surface area (Å²) in [5.74, 6) is -0.260. The van der Waals surface area contributed by atoms with E-state index in [1.807, 2.05) is 55.5 Å². The largest absolute Gasteiger partial charge is 0.342 e. The van der Waals surface area contributed by atoms with Crippen LogP contribution in [0.3, 0.4) is 0 Å². The van der Waals surface area contributed by atoms with Gasteiger partial charge in [-0.15, -0.1) is 0 Å². The number of aryl methyl sites for hydroxylation is 1. The summed E-state index contributed by atoms with van der Waals surface area (Å²) >= 11 is 3.19. The van der Waals surface area contributed by atoms with E-state index in [0.29, 0.717) is 12.0 Å². The van der Waals surface area contributed by atoms with Gasteiger partial charge in [0.15, 0.2) is 5.78 Å². The molecule has 0 heterocycles. The maximum atomic E-state index is 12.3. The molecule has 0 saturated carbocycles. The maximum absolute atomic E-state index is 12.3. The summed E-state index contributed by atoms with van der Waals surface area (Å²) in [5.41, 5.74) is 2.60. The van der Waals surface area contributed by atoms with Gasteiger partial charge in [0.1, 0.15) is 0 Å². The second-order valence-corrected chi connectivity index (χ2v) is 5.75. The average molecular weight is 360 g/mol. The Balaban J connectivity index is 2.13. The topological polar surface area (TPSA) is 46.2 Å². The highest BCUT2D eigenvalue weighted by molar-refractivity contribution is 9.09. The third-order valence-corrected chi connectivity index (χ3v) is 3.94. The van der Waals surface area contributed by atoms with Crippen molar-refractivity contribution in [3.63, 3.8) is 0 Å². The maximum Gasteiger partial charge on any atom is 0.251 e. The van der Waals surface area contributed by atoms with Gasteiger partial charge in [-0.2, -0.15) is 0 Å². The molecular formula is C18H18BrNO2. The van der Waals surface area contributed by atoms with Crippen molar-refractivity contribution < 1.29 is 9.59 Å². The van der Waals surface area contributed by atoms with Crippen LogP contribution in [0, 0.1) is 6.92 Å². The number of nitrogens with one attached hydrogen (secondary N) is 1. The summed E-state index contributed by atoms with van der Waals surface area (Å²) in [5, 5.41) is 3.06. The zero-order valence-corrected chi connectivity index (χ0v) is 14.0. The number of carbonyl (C=O) groups is 2. The molecule has 0 aliphatic rings. The van der Waals surface area contributed by atoms with Gasteiger partial charge in [-0.05, 0) is 31.0 Å². The van der Waals surface area contributed by atoms with E-state index in [1.54, 1.807) is 6.07 Å². The number of halogens is 1. The van der Waals surface area contributed by atoms with Crippen LogP contribution in [-0.2, 0) is 11.2 Å². The van der Waals surface area contributed by atoms with Crippen molar-refractivity contribution in [3.8, 4) is 0 Å². The molecule has 0 aliphatic carbocycles. The van der Waals surface area contributed by atoms with E-state index in [-0.39, 0.29) is 17.0 Å². The van der Waals surface area contributed by atoms with Crippen LogP contribution in [0.5, 0.6) is 0 Å². The smallest absolute Gasteiger partial charge is 0.251 e. The Morgan fingerprint density at radius 1 is 1.09 bits per heavy atom. The first-order chi connectivity index (χ1) is 10.6. The minimum Gasteiger partial charge on any atom is -0.342 e. The lowest BCUT2D eigenvalue weighted by atomic mass is 10.0. The summed E-state index contributed by atoms with van der Waals surface area (Å²) in [6.07, 6.45) is 0.489. The molecule has 114 valence electrons. The number of alkyl halides is 1. The average Bonchev–Trinajstić information content (AvgIpc) is 2.54. The van der Waals surface area contributed by atoms with Gasteiger partial charge in [0, 0.05) is 5.56 Å². The van der Waals surface area contributed by atoms with Gasteiger partial charge in [0.25, 0.3) is 5.91 Å². The fraction of sp³-hybridized carbons (Fsp3) is 0.222. The van der Waals surface area contributed by atoms with Crippen molar-refractivity contribution in [2.75, 3.05) is 5.33 Å². The van der Waals surface area contributed by atoms with Gasteiger partial charge in [0.2, 0.25) is 0 Å². The Bertz CT molecular complexity index is 655. The van der Waals surface area contributed by atoms with Crippen LogP contribution in [0.4, 0.5) is 0 Å². The SMILES string of the molecule is Cc1cccc(C(=O)N[C@@H](Cc2ccccc2)C(=O)CBr)c1. The third kappa shape index (κ3) is 4.53. The van der Waals surface area contributed by atoms with E-state index in [0.717, 1.165) is 11.1 Å². The molecule has 3 nitrogen and oxygen atoms in total. The molecule has 0 bridgehead atoms. The Morgan fingerprint density at radius 2 is 1.82 bits per heavy atom. The van der Waals surface area contributed by atoms with Crippen LogP contribution in [0.1, 0.15) is 21.5 Å². The Hall–Kier alpha value is -1.94. The normalized spacial score (nSPS) is 11.7. The molecule has 2 aromatic rings. The minimum absolute atomic E-state index is 0.0372. The lowest BCUT2D eigenvalue weighted by Crippen LogP contribution is -2.43. The minimum atomic E-state index is -0.533. The van der Waals surface area contributed by atoms with Crippen LogP contribution < -0.4 is 5.32 Å². The van der Waals surface area contributed by atoms with Crippen molar-refractivity contribution in [1.82, 2.24) is 5.32 Å². The number of hydrogen-bond acceptors (Lipinski definition) is 2. The molecule has 0 aromatic heterocycles. The summed E-state index contributed by atoms with van der Waals surface area (Å²) < 4.78 is 0. The number of amides is 1. The number of ketones is 1. The quantitative estimate of drug-likeness (QED) is 0.804. The molecule has 0 spiro atoms. The van der Waals surface area contributed by atoms with Gasteiger partial charge in [0.05, 0.1) is 11.4 Å². The number of carbonyl (C=O) groups excluding carboxylic acids is 2. The van der Waals surface area contributed by atoms with Gasteiger partial charge in [-0.3, -0.25) is 9.59 Å². The second kappa shape index (κ2) is 7.90. The predicted octanol–water partition coefficient (Wildman–Crippen LogP) is 3.30. The lowest BCUT2D eigenvalue weighted by Gasteiger charge is -2.17. The Labute approximate surface area is 138 Å². The molecule has 1 N–H and O–H groups in total. The highest BCUT2D eigenvalue weighted by atomic mass is 79.9. The summed E-state index contributed by atoms with van der Waals surface area (Å²) in [7, 11) is 0. The number of rotatable bonds is 6. The third-order valence-electron chi connectivity index (χ3n) is 3.39. The predicted molar refractivity (Wildman–Crippen MR) is 91.4 cm³/mol. The Kier molecular flexibility index (Phi) is 5.90. The fourth-order valence-corrected chi connectivity index (χ4v) is 2.61. The van der Waals surface area contributed by atoms with Crippen LogP contribution >= 0.6 is 15.9 Å². The highest BCUT2D eigenvalue weighted by Gasteiger charge is 2.20. The van der Waals surface area contributed by atoms with Gasteiger partial charge in [-0.25, -0.2) is 0 Å². The molecule has 2 aromatic carbocycles. The van der Waals surface area contributed by atoms with E-state index < -0.39 is 6.04 Å². The van der Waals surface area contributed by atoms with E-state index in [1.165, 1.54) is 0 Å². The zero-order valence-electron chi connectivity index (χ0n) is 12.4. The van der Waals surface area contributed by atoms with Crippen molar-refractivity contribution in [1.29, 1.82) is 0 Å². The molecule has 0 saturated heterocycles. The summed E-state index contributed by atoms with van der Waals surface area (Å²) in [4.78, 5) is 24.4.